The van der Waals surface area contributed by atoms with Crippen molar-refractivity contribution in [3.05, 3.63) is 78.6 Å². The lowest BCUT2D eigenvalue weighted by molar-refractivity contribution is -0.138. The van der Waals surface area contributed by atoms with Gasteiger partial charge in [-0.25, -0.2) is 4.98 Å². The number of benzene rings is 2. The van der Waals surface area contributed by atoms with Crippen molar-refractivity contribution in [3.63, 3.8) is 0 Å². The van der Waals surface area contributed by atoms with E-state index in [1.807, 2.05) is 18.2 Å². The van der Waals surface area contributed by atoms with Gasteiger partial charge < -0.3 is 10.1 Å². The molecule has 154 valence electrons. The van der Waals surface area contributed by atoms with Crippen LogP contribution >= 0.6 is 0 Å². The number of aromatic nitrogens is 4. The van der Waals surface area contributed by atoms with E-state index >= 15 is 0 Å². The lowest BCUT2D eigenvalue weighted by atomic mass is 10.1. The van der Waals surface area contributed by atoms with Gasteiger partial charge in [-0.2, -0.15) is 18.3 Å². The van der Waals surface area contributed by atoms with Gasteiger partial charge in [0.25, 0.3) is 0 Å². The molecule has 0 fully saturated rings. The van der Waals surface area contributed by atoms with E-state index in [9.17, 15) is 13.2 Å². The molecule has 2 N–H and O–H groups in total. The summed E-state index contributed by atoms with van der Waals surface area (Å²) in [5, 5.41) is 11.7. The lowest BCUT2D eigenvalue weighted by Gasteiger charge is -2.14. The molecule has 0 saturated heterocycles. The van der Waals surface area contributed by atoms with E-state index in [4.69, 9.17) is 4.74 Å². The van der Waals surface area contributed by atoms with Gasteiger partial charge in [-0.15, -0.1) is 0 Å². The Morgan fingerprint density at radius 1 is 0.903 bits per heavy atom. The van der Waals surface area contributed by atoms with Crippen molar-refractivity contribution < 1.29 is 17.9 Å². The molecule has 5 rings (SSSR count). The fourth-order valence-electron chi connectivity index (χ4n) is 3.28. The van der Waals surface area contributed by atoms with Gasteiger partial charge >= 0.3 is 6.18 Å². The molecule has 2 aromatic carbocycles. The van der Waals surface area contributed by atoms with Crippen molar-refractivity contribution in [2.75, 3.05) is 5.32 Å². The molecule has 0 radical (unpaired) electrons. The maximum absolute atomic E-state index is 13.3. The Kier molecular flexibility index (Phi) is 4.43. The molecule has 0 bridgehead atoms. The van der Waals surface area contributed by atoms with Gasteiger partial charge in [-0.05, 0) is 53.9 Å². The standard InChI is InChI=1S/C22H14F3N5O/c23-22(24,25)16-4-1-2-6-18(16)31-21-15-8-7-14(12-13(15)9-11-27-21)28-20-19-17(29-30-20)5-3-10-26-19/h1-12H,(H2,28,29,30). The van der Waals surface area contributed by atoms with E-state index in [2.05, 4.69) is 25.5 Å². The predicted molar refractivity (Wildman–Crippen MR) is 110 cm³/mol. The Balaban J connectivity index is 1.49. The zero-order valence-electron chi connectivity index (χ0n) is 15.8. The zero-order valence-corrected chi connectivity index (χ0v) is 15.8. The van der Waals surface area contributed by atoms with E-state index in [0.717, 1.165) is 22.7 Å². The van der Waals surface area contributed by atoms with E-state index < -0.39 is 11.7 Å². The molecule has 3 aromatic heterocycles. The summed E-state index contributed by atoms with van der Waals surface area (Å²) >= 11 is 0. The maximum atomic E-state index is 13.3. The van der Waals surface area contributed by atoms with Crippen LogP contribution < -0.4 is 10.1 Å². The van der Waals surface area contributed by atoms with Crippen LogP contribution in [0.1, 0.15) is 5.56 Å². The number of ether oxygens (including phenoxy) is 1. The van der Waals surface area contributed by atoms with Crippen LogP contribution in [0.4, 0.5) is 24.7 Å². The largest absolute Gasteiger partial charge is 0.438 e. The topological polar surface area (TPSA) is 75.7 Å². The molecule has 0 aliphatic heterocycles. The summed E-state index contributed by atoms with van der Waals surface area (Å²) in [5.41, 5.74) is 1.38. The van der Waals surface area contributed by atoms with Crippen LogP contribution in [0.25, 0.3) is 21.8 Å². The molecule has 0 atom stereocenters. The number of nitrogens with one attached hydrogen (secondary N) is 2. The van der Waals surface area contributed by atoms with Gasteiger partial charge in [0.2, 0.25) is 5.88 Å². The minimum Gasteiger partial charge on any atom is -0.438 e. The number of aromatic amines is 1. The number of H-pyrrole nitrogens is 1. The van der Waals surface area contributed by atoms with Gasteiger partial charge in [0.15, 0.2) is 5.82 Å². The van der Waals surface area contributed by atoms with Crippen LogP contribution in [-0.4, -0.2) is 20.2 Å². The van der Waals surface area contributed by atoms with E-state index in [0.29, 0.717) is 16.7 Å². The molecule has 0 spiro atoms. The van der Waals surface area contributed by atoms with Crippen molar-refractivity contribution in [3.8, 4) is 11.6 Å². The molecule has 3 heterocycles. The normalized spacial score (nSPS) is 11.7. The van der Waals surface area contributed by atoms with Gasteiger partial charge in [0, 0.05) is 23.5 Å². The highest BCUT2D eigenvalue weighted by Crippen LogP contribution is 2.39. The molecule has 0 aliphatic carbocycles. The SMILES string of the molecule is FC(F)(F)c1ccccc1Oc1nccc2cc(Nc3n[nH]c4cccnc34)ccc12. The molecule has 0 saturated carbocycles. The summed E-state index contributed by atoms with van der Waals surface area (Å²) in [7, 11) is 0. The number of fused-ring (bicyclic) bond motifs is 2. The Labute approximate surface area is 173 Å². The van der Waals surface area contributed by atoms with Crippen molar-refractivity contribution in [1.82, 2.24) is 20.2 Å². The first kappa shape index (κ1) is 18.9. The highest BCUT2D eigenvalue weighted by molar-refractivity contribution is 5.92. The van der Waals surface area contributed by atoms with Crippen LogP contribution in [0.3, 0.4) is 0 Å². The molecule has 31 heavy (non-hydrogen) atoms. The highest BCUT2D eigenvalue weighted by Gasteiger charge is 2.34. The molecule has 0 unspecified atom stereocenters. The van der Waals surface area contributed by atoms with Crippen molar-refractivity contribution >= 4 is 33.3 Å². The summed E-state index contributed by atoms with van der Waals surface area (Å²) in [6.07, 6.45) is -1.36. The number of rotatable bonds is 4. The fourth-order valence-corrected chi connectivity index (χ4v) is 3.28. The zero-order chi connectivity index (χ0) is 21.4. The average molecular weight is 421 g/mol. The van der Waals surface area contributed by atoms with Crippen molar-refractivity contribution in [2.24, 2.45) is 0 Å². The first-order chi connectivity index (χ1) is 15.0. The smallest absolute Gasteiger partial charge is 0.419 e. The molecule has 6 nitrogen and oxygen atoms in total. The van der Waals surface area contributed by atoms with E-state index in [1.165, 1.54) is 24.4 Å². The predicted octanol–water partition coefficient (Wildman–Crippen LogP) is 6.06. The first-order valence-electron chi connectivity index (χ1n) is 9.28. The lowest BCUT2D eigenvalue weighted by Crippen LogP contribution is -2.07. The van der Waals surface area contributed by atoms with Crippen molar-refractivity contribution in [2.45, 2.75) is 6.18 Å². The van der Waals surface area contributed by atoms with E-state index in [-0.39, 0.29) is 11.6 Å². The number of halogens is 3. The third kappa shape index (κ3) is 3.61. The fraction of sp³-hybridized carbons (Fsp3) is 0.0455. The second-order valence-electron chi connectivity index (χ2n) is 6.74. The third-order valence-corrected chi connectivity index (χ3v) is 4.71. The minimum absolute atomic E-state index is 0.0904. The Morgan fingerprint density at radius 2 is 1.77 bits per heavy atom. The number of para-hydroxylation sites is 1. The third-order valence-electron chi connectivity index (χ3n) is 4.71. The van der Waals surface area contributed by atoms with Crippen LogP contribution in [0.15, 0.2) is 73.1 Å². The average Bonchev–Trinajstić information content (AvgIpc) is 3.16. The second kappa shape index (κ2) is 7.28. The molecular formula is C22H14F3N5O. The van der Waals surface area contributed by atoms with E-state index in [1.54, 1.807) is 24.4 Å². The first-order valence-corrected chi connectivity index (χ1v) is 9.28. The van der Waals surface area contributed by atoms with Crippen LogP contribution in [0.2, 0.25) is 0 Å². The second-order valence-corrected chi connectivity index (χ2v) is 6.74. The summed E-state index contributed by atoms with van der Waals surface area (Å²) in [5.74, 6) is 0.360. The Morgan fingerprint density at radius 3 is 2.65 bits per heavy atom. The number of anilines is 2. The van der Waals surface area contributed by atoms with Crippen LogP contribution in [0, 0.1) is 0 Å². The highest BCUT2D eigenvalue weighted by atomic mass is 19.4. The van der Waals surface area contributed by atoms with Crippen molar-refractivity contribution in [1.29, 1.82) is 0 Å². The van der Waals surface area contributed by atoms with Gasteiger partial charge in [-0.3, -0.25) is 10.1 Å². The number of alkyl halides is 3. The molecular weight excluding hydrogens is 407 g/mol. The number of hydrogen-bond acceptors (Lipinski definition) is 5. The Bertz CT molecular complexity index is 1400. The number of pyridine rings is 2. The molecule has 0 amide bonds. The van der Waals surface area contributed by atoms with Gasteiger partial charge in [0.1, 0.15) is 11.3 Å². The maximum Gasteiger partial charge on any atom is 0.419 e. The van der Waals surface area contributed by atoms with Gasteiger partial charge in [-0.1, -0.05) is 12.1 Å². The van der Waals surface area contributed by atoms with Crippen LogP contribution in [-0.2, 0) is 6.18 Å². The van der Waals surface area contributed by atoms with Crippen LogP contribution in [0.5, 0.6) is 11.6 Å². The molecule has 9 heteroatoms. The number of nitrogens with zero attached hydrogens (tertiary/aromatic N) is 3. The summed E-state index contributed by atoms with van der Waals surface area (Å²) in [6, 6.07) is 15.8. The summed E-state index contributed by atoms with van der Waals surface area (Å²) in [4.78, 5) is 8.44. The summed E-state index contributed by atoms with van der Waals surface area (Å²) < 4.78 is 45.4. The minimum atomic E-state index is -4.53. The van der Waals surface area contributed by atoms with Gasteiger partial charge in [0.05, 0.1) is 11.1 Å². The monoisotopic (exact) mass is 421 g/mol. The Hall–Kier alpha value is -4.14. The molecule has 0 aliphatic rings. The molecule has 5 aromatic rings. The quantitative estimate of drug-likeness (QED) is 0.369. The number of hydrogen-bond donors (Lipinski definition) is 2. The summed E-state index contributed by atoms with van der Waals surface area (Å²) in [6.45, 7) is 0.